The van der Waals surface area contributed by atoms with Crippen molar-refractivity contribution in [2.45, 2.75) is 6.92 Å². The van der Waals surface area contributed by atoms with Gasteiger partial charge in [0.15, 0.2) is 0 Å². The maximum Gasteiger partial charge on any atom is 0.268 e. The zero-order valence-corrected chi connectivity index (χ0v) is 12.0. The van der Waals surface area contributed by atoms with Crippen LogP contribution >= 0.6 is 11.3 Å². The number of carbonyl (C=O) groups is 1. The van der Waals surface area contributed by atoms with E-state index < -0.39 is 11.7 Å². The molecule has 3 rings (SSSR count). The van der Waals surface area contributed by atoms with E-state index in [0.29, 0.717) is 15.4 Å². The molecule has 6 heteroatoms. The molecule has 106 valence electrons. The van der Waals surface area contributed by atoms with Crippen LogP contribution in [-0.2, 0) is 0 Å². The van der Waals surface area contributed by atoms with Crippen LogP contribution in [0.1, 0.15) is 15.2 Å². The Kier molecular flexibility index (Phi) is 3.31. The third-order valence-electron chi connectivity index (χ3n) is 3.08. The lowest BCUT2D eigenvalue weighted by Gasteiger charge is -2.06. The number of aryl methyl sites for hydroxylation is 1. The van der Waals surface area contributed by atoms with Crippen molar-refractivity contribution in [3.63, 3.8) is 0 Å². The van der Waals surface area contributed by atoms with Crippen LogP contribution in [0.25, 0.3) is 10.2 Å². The molecule has 1 aromatic carbocycles. The SMILES string of the molecule is Cc1ccc(NC(=O)c2sc3ncccc3c2N)c(F)c1. The molecule has 0 fully saturated rings. The third kappa shape index (κ3) is 2.45. The highest BCUT2D eigenvalue weighted by Gasteiger charge is 2.18. The van der Waals surface area contributed by atoms with Gasteiger partial charge in [0.05, 0.1) is 11.4 Å². The summed E-state index contributed by atoms with van der Waals surface area (Å²) >= 11 is 1.19. The van der Waals surface area contributed by atoms with E-state index in [-0.39, 0.29) is 5.69 Å². The van der Waals surface area contributed by atoms with Crippen molar-refractivity contribution in [3.05, 3.63) is 52.8 Å². The van der Waals surface area contributed by atoms with E-state index in [1.807, 2.05) is 0 Å². The standard InChI is InChI=1S/C15H12FN3OS/c1-8-4-5-11(10(16)7-8)19-14(20)13-12(17)9-3-2-6-18-15(9)21-13/h2-7H,17H2,1H3,(H,19,20). The zero-order valence-electron chi connectivity index (χ0n) is 11.2. The molecule has 3 N–H and O–H groups in total. The predicted molar refractivity (Wildman–Crippen MR) is 83.1 cm³/mol. The molecule has 0 radical (unpaired) electrons. The van der Waals surface area contributed by atoms with Crippen LogP contribution in [0.5, 0.6) is 0 Å². The van der Waals surface area contributed by atoms with E-state index in [1.165, 1.54) is 23.5 Å². The van der Waals surface area contributed by atoms with Gasteiger partial charge in [0.1, 0.15) is 15.5 Å². The molecular weight excluding hydrogens is 289 g/mol. The fourth-order valence-corrected chi connectivity index (χ4v) is 2.98. The molecule has 0 unspecified atom stereocenters. The first-order valence-corrected chi connectivity index (χ1v) is 7.08. The van der Waals surface area contributed by atoms with Crippen LogP contribution in [0, 0.1) is 12.7 Å². The summed E-state index contributed by atoms with van der Waals surface area (Å²) in [5.74, 6) is -0.903. The van der Waals surface area contributed by atoms with Crippen LogP contribution in [0.4, 0.5) is 15.8 Å². The summed E-state index contributed by atoms with van der Waals surface area (Å²) < 4.78 is 13.8. The van der Waals surface area contributed by atoms with Crippen molar-refractivity contribution in [2.24, 2.45) is 0 Å². The molecule has 1 amide bonds. The number of anilines is 2. The van der Waals surface area contributed by atoms with Gasteiger partial charge in [-0.25, -0.2) is 9.37 Å². The van der Waals surface area contributed by atoms with Gasteiger partial charge in [0.25, 0.3) is 5.91 Å². The van der Waals surface area contributed by atoms with Crippen molar-refractivity contribution < 1.29 is 9.18 Å². The largest absolute Gasteiger partial charge is 0.397 e. The maximum absolute atomic E-state index is 13.8. The molecule has 0 saturated heterocycles. The number of benzene rings is 1. The molecule has 3 aromatic rings. The number of halogens is 1. The number of nitrogens with two attached hydrogens (primary N) is 1. The van der Waals surface area contributed by atoms with Crippen molar-refractivity contribution in [1.29, 1.82) is 0 Å². The Bertz CT molecular complexity index is 844. The monoisotopic (exact) mass is 301 g/mol. The predicted octanol–water partition coefficient (Wildman–Crippen LogP) is 3.58. The van der Waals surface area contributed by atoms with Crippen LogP contribution < -0.4 is 11.1 Å². The minimum Gasteiger partial charge on any atom is -0.397 e. The molecule has 0 atom stereocenters. The van der Waals surface area contributed by atoms with Gasteiger partial charge in [-0.3, -0.25) is 4.79 Å². The lowest BCUT2D eigenvalue weighted by Crippen LogP contribution is -2.13. The number of nitrogens with zero attached hydrogens (tertiary/aromatic N) is 1. The first kappa shape index (κ1) is 13.5. The van der Waals surface area contributed by atoms with E-state index in [0.717, 1.165) is 10.9 Å². The molecule has 0 aliphatic heterocycles. The van der Waals surface area contributed by atoms with Gasteiger partial charge in [0, 0.05) is 11.6 Å². The summed E-state index contributed by atoms with van der Waals surface area (Å²) in [6.07, 6.45) is 1.64. The van der Waals surface area contributed by atoms with E-state index in [2.05, 4.69) is 10.3 Å². The number of rotatable bonds is 2. The van der Waals surface area contributed by atoms with Crippen molar-refractivity contribution >= 4 is 38.8 Å². The van der Waals surface area contributed by atoms with Crippen LogP contribution in [0.2, 0.25) is 0 Å². The second kappa shape index (κ2) is 5.14. The summed E-state index contributed by atoms with van der Waals surface area (Å²) in [4.78, 5) is 17.5. The third-order valence-corrected chi connectivity index (χ3v) is 4.21. The lowest BCUT2D eigenvalue weighted by atomic mass is 10.2. The number of hydrogen-bond acceptors (Lipinski definition) is 4. The summed E-state index contributed by atoms with van der Waals surface area (Å²) in [5, 5.41) is 3.28. The number of amides is 1. The fraction of sp³-hybridized carbons (Fsp3) is 0.0667. The van der Waals surface area contributed by atoms with Gasteiger partial charge >= 0.3 is 0 Å². The summed E-state index contributed by atoms with van der Waals surface area (Å²) in [6.45, 7) is 1.78. The quantitative estimate of drug-likeness (QED) is 0.760. The summed E-state index contributed by atoms with van der Waals surface area (Å²) in [5.41, 5.74) is 7.26. The number of nitrogen functional groups attached to an aromatic ring is 1. The molecule has 2 aromatic heterocycles. The van der Waals surface area contributed by atoms with Gasteiger partial charge < -0.3 is 11.1 Å². The van der Waals surface area contributed by atoms with E-state index in [9.17, 15) is 9.18 Å². The molecule has 2 heterocycles. The minimum absolute atomic E-state index is 0.135. The van der Waals surface area contributed by atoms with Crippen molar-refractivity contribution in [3.8, 4) is 0 Å². The molecule has 0 bridgehead atoms. The van der Waals surface area contributed by atoms with Gasteiger partial charge in [-0.2, -0.15) is 0 Å². The van der Waals surface area contributed by atoms with Crippen molar-refractivity contribution in [2.75, 3.05) is 11.1 Å². The number of fused-ring (bicyclic) bond motifs is 1. The van der Waals surface area contributed by atoms with Gasteiger partial charge in [-0.15, -0.1) is 11.3 Å². The van der Waals surface area contributed by atoms with Crippen LogP contribution in [0.15, 0.2) is 36.5 Å². The maximum atomic E-state index is 13.8. The molecule has 0 aliphatic rings. The number of carbonyl (C=O) groups excluding carboxylic acids is 1. The first-order valence-electron chi connectivity index (χ1n) is 6.27. The van der Waals surface area contributed by atoms with E-state index >= 15 is 0 Å². The highest BCUT2D eigenvalue weighted by Crippen LogP contribution is 2.32. The Labute approximate surface area is 124 Å². The van der Waals surface area contributed by atoms with Crippen LogP contribution in [-0.4, -0.2) is 10.9 Å². The number of aromatic nitrogens is 1. The molecule has 0 spiro atoms. The Hall–Kier alpha value is -2.47. The summed E-state index contributed by atoms with van der Waals surface area (Å²) in [7, 11) is 0. The van der Waals surface area contributed by atoms with E-state index in [4.69, 9.17) is 5.73 Å². The second-order valence-electron chi connectivity index (χ2n) is 4.64. The number of hydrogen-bond donors (Lipinski definition) is 2. The molecule has 4 nitrogen and oxygen atoms in total. The highest BCUT2D eigenvalue weighted by atomic mass is 32.1. The van der Waals surface area contributed by atoms with Gasteiger partial charge in [0.2, 0.25) is 0 Å². The average molecular weight is 301 g/mol. The normalized spacial score (nSPS) is 10.8. The van der Waals surface area contributed by atoms with Gasteiger partial charge in [-0.1, -0.05) is 6.07 Å². The topological polar surface area (TPSA) is 68.0 Å². The average Bonchev–Trinajstić information content (AvgIpc) is 2.80. The second-order valence-corrected chi connectivity index (χ2v) is 5.64. The molecule has 0 aliphatic carbocycles. The van der Waals surface area contributed by atoms with Crippen molar-refractivity contribution in [1.82, 2.24) is 4.98 Å². The first-order chi connectivity index (χ1) is 10.1. The Morgan fingerprint density at radius 1 is 1.38 bits per heavy atom. The zero-order chi connectivity index (χ0) is 15.0. The lowest BCUT2D eigenvalue weighted by molar-refractivity contribution is 0.103. The molecule has 0 saturated carbocycles. The number of nitrogens with one attached hydrogen (secondary N) is 1. The smallest absolute Gasteiger partial charge is 0.268 e. The Balaban J connectivity index is 1.95. The van der Waals surface area contributed by atoms with E-state index in [1.54, 1.807) is 31.3 Å². The van der Waals surface area contributed by atoms with Gasteiger partial charge in [-0.05, 0) is 36.8 Å². The molecular formula is C15H12FN3OS. The fourth-order valence-electron chi connectivity index (χ4n) is 2.02. The number of pyridine rings is 1. The highest BCUT2D eigenvalue weighted by molar-refractivity contribution is 7.21. The number of thiophene rings is 1. The summed E-state index contributed by atoms with van der Waals surface area (Å²) in [6, 6.07) is 8.19. The Morgan fingerprint density at radius 3 is 2.90 bits per heavy atom. The minimum atomic E-state index is -0.471. The molecule has 21 heavy (non-hydrogen) atoms. The Morgan fingerprint density at radius 2 is 2.19 bits per heavy atom. The van der Waals surface area contributed by atoms with Crippen LogP contribution in [0.3, 0.4) is 0 Å².